The van der Waals surface area contributed by atoms with Crippen molar-refractivity contribution in [2.45, 2.75) is 25.5 Å². The lowest BCUT2D eigenvalue weighted by molar-refractivity contribution is -0.139. The van der Waals surface area contributed by atoms with Crippen LogP contribution >= 0.6 is 0 Å². The third kappa shape index (κ3) is 4.48. The van der Waals surface area contributed by atoms with Gasteiger partial charge in [0, 0.05) is 37.4 Å². The van der Waals surface area contributed by atoms with Crippen molar-refractivity contribution in [1.29, 1.82) is 5.26 Å². The fraction of sp³-hybridized carbons (Fsp3) is 0.391. The number of halogens is 2. The van der Waals surface area contributed by atoms with Crippen LogP contribution in [0, 0.1) is 29.9 Å². The molecule has 2 fully saturated rings. The number of fused-ring (bicyclic) bond motifs is 1. The average Bonchev–Trinajstić information content (AvgIpc) is 3.40. The molecule has 2 aliphatic heterocycles. The third-order valence-corrected chi connectivity index (χ3v) is 6.53. The fourth-order valence-corrected chi connectivity index (χ4v) is 4.55. The smallest absolute Gasteiger partial charge is 0.227 e. The summed E-state index contributed by atoms with van der Waals surface area (Å²) in [5, 5.41) is 20.1. The number of amides is 1. The summed E-state index contributed by atoms with van der Waals surface area (Å²) >= 11 is 0. The highest BCUT2D eigenvalue weighted by Crippen LogP contribution is 2.30. The fourth-order valence-electron chi connectivity index (χ4n) is 4.55. The van der Waals surface area contributed by atoms with Crippen LogP contribution in [0.3, 0.4) is 0 Å². The molecule has 0 bridgehead atoms. The van der Waals surface area contributed by atoms with Crippen molar-refractivity contribution < 1.29 is 18.3 Å². The maximum absolute atomic E-state index is 14.6. The normalized spacial score (nSPS) is 20.3. The summed E-state index contributed by atoms with van der Waals surface area (Å²) in [5.74, 6) is -1.19. The van der Waals surface area contributed by atoms with Gasteiger partial charge in [0.25, 0.3) is 0 Å². The van der Waals surface area contributed by atoms with Crippen LogP contribution in [0.1, 0.15) is 28.5 Å². The zero-order chi connectivity index (χ0) is 24.5. The second kappa shape index (κ2) is 9.44. The van der Waals surface area contributed by atoms with E-state index >= 15 is 0 Å². The lowest BCUT2D eigenvalue weighted by Crippen LogP contribution is -2.59. The molecule has 0 radical (unpaired) electrons. The summed E-state index contributed by atoms with van der Waals surface area (Å²) in [6, 6.07) is 7.60. The zero-order valence-corrected chi connectivity index (χ0v) is 18.9. The molecule has 0 spiro atoms. The summed E-state index contributed by atoms with van der Waals surface area (Å²) in [4.78, 5) is 21.5. The molecule has 10 nitrogen and oxygen atoms in total. The monoisotopic (exact) mass is 480 g/mol. The number of rotatable bonds is 4. The van der Waals surface area contributed by atoms with Crippen molar-refractivity contribution in [1.82, 2.24) is 35.0 Å². The van der Waals surface area contributed by atoms with Gasteiger partial charge >= 0.3 is 0 Å². The van der Waals surface area contributed by atoms with Gasteiger partial charge < -0.3 is 9.64 Å². The zero-order valence-electron chi connectivity index (χ0n) is 18.9. The number of nitriles is 1. The van der Waals surface area contributed by atoms with Gasteiger partial charge in [-0.3, -0.25) is 9.69 Å². The molecule has 1 amide bonds. The van der Waals surface area contributed by atoms with Crippen molar-refractivity contribution in [3.63, 3.8) is 0 Å². The van der Waals surface area contributed by atoms with Crippen LogP contribution in [0.15, 0.2) is 30.6 Å². The van der Waals surface area contributed by atoms with E-state index in [4.69, 9.17) is 10.00 Å². The number of nitrogens with zero attached hydrogens (tertiary/aromatic N) is 8. The van der Waals surface area contributed by atoms with Crippen LogP contribution in [0.4, 0.5) is 8.78 Å². The van der Waals surface area contributed by atoms with Gasteiger partial charge in [-0.15, -0.1) is 5.10 Å². The van der Waals surface area contributed by atoms with Gasteiger partial charge in [0.15, 0.2) is 5.82 Å². The lowest BCUT2D eigenvalue weighted by Gasteiger charge is -2.46. The molecule has 2 aromatic heterocycles. The molecule has 35 heavy (non-hydrogen) atoms. The minimum atomic E-state index is -0.884. The van der Waals surface area contributed by atoms with E-state index in [1.807, 2.05) is 17.9 Å². The van der Waals surface area contributed by atoms with E-state index in [0.29, 0.717) is 38.6 Å². The van der Waals surface area contributed by atoms with Gasteiger partial charge in [0.1, 0.15) is 29.6 Å². The topological polar surface area (TPSA) is 113 Å². The Morgan fingerprint density at radius 1 is 1.23 bits per heavy atom. The molecule has 0 unspecified atom stereocenters. The predicted octanol–water partition coefficient (Wildman–Crippen LogP) is 1.34. The van der Waals surface area contributed by atoms with Gasteiger partial charge in [-0.25, -0.2) is 13.8 Å². The first kappa shape index (κ1) is 22.9. The van der Waals surface area contributed by atoms with Crippen molar-refractivity contribution in [3.05, 3.63) is 64.6 Å². The first-order chi connectivity index (χ1) is 16.9. The molecule has 4 heterocycles. The molecule has 5 rings (SSSR count). The maximum Gasteiger partial charge on any atom is 0.227 e. The average molecular weight is 480 g/mol. The Hall–Kier alpha value is -3.82. The Labute approximate surface area is 199 Å². The number of piperazine rings is 1. The Balaban J connectivity index is 1.21. The van der Waals surface area contributed by atoms with Gasteiger partial charge in [-0.1, -0.05) is 12.1 Å². The van der Waals surface area contributed by atoms with Gasteiger partial charge in [0.2, 0.25) is 5.91 Å². The van der Waals surface area contributed by atoms with Crippen LogP contribution in [0.25, 0.3) is 5.82 Å². The predicted molar refractivity (Wildman–Crippen MR) is 117 cm³/mol. The highest BCUT2D eigenvalue weighted by Gasteiger charge is 2.36. The highest BCUT2D eigenvalue weighted by atomic mass is 19.1. The van der Waals surface area contributed by atoms with Gasteiger partial charge in [0.05, 0.1) is 25.2 Å². The Kier molecular flexibility index (Phi) is 6.19. The maximum atomic E-state index is 14.6. The van der Waals surface area contributed by atoms with Crippen molar-refractivity contribution in [2.75, 3.05) is 32.8 Å². The molecular weight excluding hydrogens is 458 g/mol. The number of pyridine rings is 1. The van der Waals surface area contributed by atoms with E-state index in [9.17, 15) is 13.6 Å². The first-order valence-electron chi connectivity index (χ1n) is 11.2. The Morgan fingerprint density at radius 3 is 2.83 bits per heavy atom. The standard InChI is InChI=1S/C23H22F2N8O2/c1-14-15(2-5-21(28-14)33-13-27-29-30-33)8-22(34)32-7-6-31-11-20(35-12-16(31)10-32)17-3-4-19(24)18(9-26)23(17)25/h2-5,13,16,20H,6-8,10-12H2,1H3/t16-,20+/m0/s1. The van der Waals surface area contributed by atoms with Crippen LogP contribution in [0.2, 0.25) is 0 Å². The Bertz CT molecular complexity index is 1290. The second-order valence-electron chi connectivity index (χ2n) is 8.59. The van der Waals surface area contributed by atoms with Gasteiger partial charge in [-0.05, 0) is 35.0 Å². The second-order valence-corrected chi connectivity index (χ2v) is 8.59. The van der Waals surface area contributed by atoms with E-state index < -0.39 is 23.3 Å². The number of carbonyl (C=O) groups is 1. The number of hydrogen-bond donors (Lipinski definition) is 0. The van der Waals surface area contributed by atoms with Gasteiger partial charge in [-0.2, -0.15) is 9.94 Å². The summed E-state index contributed by atoms with van der Waals surface area (Å²) in [5.41, 5.74) is 1.13. The number of carbonyl (C=O) groups excluding carboxylic acids is 1. The summed E-state index contributed by atoms with van der Waals surface area (Å²) in [7, 11) is 0. The van der Waals surface area contributed by atoms with Crippen molar-refractivity contribution in [2.24, 2.45) is 0 Å². The number of hydrogen-bond acceptors (Lipinski definition) is 8. The van der Waals surface area contributed by atoms with E-state index in [1.54, 1.807) is 12.1 Å². The van der Waals surface area contributed by atoms with Crippen LogP contribution in [-0.2, 0) is 16.0 Å². The molecular formula is C23H22F2N8O2. The minimum absolute atomic E-state index is 0.00455. The molecule has 1 aromatic carbocycles. The molecule has 2 saturated heterocycles. The minimum Gasteiger partial charge on any atom is -0.370 e. The number of aromatic nitrogens is 5. The van der Waals surface area contributed by atoms with Crippen LogP contribution in [-0.4, -0.2) is 79.7 Å². The largest absolute Gasteiger partial charge is 0.370 e. The molecule has 2 atom stereocenters. The number of aryl methyl sites for hydroxylation is 1. The number of benzene rings is 1. The van der Waals surface area contributed by atoms with Crippen LogP contribution < -0.4 is 0 Å². The van der Waals surface area contributed by atoms with E-state index in [-0.39, 0.29) is 23.9 Å². The summed E-state index contributed by atoms with van der Waals surface area (Å²) < 4.78 is 35.7. The third-order valence-electron chi connectivity index (χ3n) is 6.53. The molecule has 2 aliphatic rings. The summed E-state index contributed by atoms with van der Waals surface area (Å²) in [6.45, 7) is 4.19. The van der Waals surface area contributed by atoms with Crippen molar-refractivity contribution >= 4 is 5.91 Å². The Morgan fingerprint density at radius 2 is 2.09 bits per heavy atom. The molecule has 12 heteroatoms. The molecule has 0 N–H and O–H groups in total. The molecule has 3 aromatic rings. The summed E-state index contributed by atoms with van der Waals surface area (Å²) in [6.07, 6.45) is 1.08. The first-order valence-corrected chi connectivity index (χ1v) is 11.2. The van der Waals surface area contributed by atoms with E-state index in [0.717, 1.165) is 17.3 Å². The quantitative estimate of drug-likeness (QED) is 0.550. The SMILES string of the molecule is Cc1nc(-n2cnnn2)ccc1CC(=O)N1CCN2C[C@H](c3ccc(F)c(C#N)c3F)OC[C@@H]2C1. The number of morpholine rings is 1. The van der Waals surface area contributed by atoms with Crippen molar-refractivity contribution in [3.8, 4) is 11.9 Å². The number of tetrazole rings is 1. The van der Waals surface area contributed by atoms with E-state index in [1.165, 1.54) is 17.1 Å². The molecule has 0 saturated carbocycles. The highest BCUT2D eigenvalue weighted by molar-refractivity contribution is 5.79. The van der Waals surface area contributed by atoms with Crippen LogP contribution in [0.5, 0.6) is 0 Å². The van der Waals surface area contributed by atoms with E-state index in [2.05, 4.69) is 25.4 Å². The molecule has 180 valence electrons. The lowest BCUT2D eigenvalue weighted by atomic mass is 10.0. The molecule has 0 aliphatic carbocycles. The number of ether oxygens (including phenoxy) is 1.